The zero-order valence-electron chi connectivity index (χ0n) is 18.9. The van der Waals surface area contributed by atoms with Crippen molar-refractivity contribution in [2.24, 2.45) is 0 Å². The Labute approximate surface area is 190 Å². The third-order valence-electron chi connectivity index (χ3n) is 7.31. The summed E-state index contributed by atoms with van der Waals surface area (Å²) < 4.78 is 11.5. The monoisotopic (exact) mass is 435 g/mol. The van der Waals surface area contributed by atoms with Crippen molar-refractivity contribution in [1.29, 1.82) is 0 Å². The number of carbonyl (C=O) groups is 1. The first-order valence-corrected chi connectivity index (χ1v) is 11.9. The van der Waals surface area contributed by atoms with E-state index in [1.54, 1.807) is 25.4 Å². The molecule has 2 aliphatic heterocycles. The van der Waals surface area contributed by atoms with Crippen LogP contribution >= 0.6 is 0 Å². The Hall–Kier alpha value is -2.44. The van der Waals surface area contributed by atoms with Crippen molar-refractivity contribution in [2.45, 2.75) is 62.8 Å². The van der Waals surface area contributed by atoms with Crippen molar-refractivity contribution in [1.82, 2.24) is 14.8 Å². The van der Waals surface area contributed by atoms with E-state index in [2.05, 4.69) is 40.2 Å². The molecule has 1 saturated carbocycles. The lowest BCUT2D eigenvalue weighted by Crippen LogP contribution is -2.54. The lowest BCUT2D eigenvalue weighted by Gasteiger charge is -2.48. The number of piperidine rings is 1. The van der Waals surface area contributed by atoms with E-state index in [1.807, 2.05) is 4.90 Å². The number of hydrogen-bond donors (Lipinski definition) is 0. The molecule has 3 aliphatic rings. The third-order valence-corrected chi connectivity index (χ3v) is 7.31. The lowest BCUT2D eigenvalue weighted by molar-refractivity contribution is -0.131. The molecule has 2 saturated heterocycles. The van der Waals surface area contributed by atoms with Crippen LogP contribution in [0.25, 0.3) is 0 Å². The number of nitrogens with zero attached hydrogens (tertiary/aromatic N) is 3. The van der Waals surface area contributed by atoms with Crippen LogP contribution in [0.1, 0.15) is 54.4 Å². The second-order valence-electron chi connectivity index (χ2n) is 9.45. The fraction of sp³-hybridized carbons (Fsp3) is 0.538. The van der Waals surface area contributed by atoms with Crippen LogP contribution in [0.3, 0.4) is 0 Å². The average Bonchev–Trinajstić information content (AvgIpc) is 3.69. The molecule has 1 aromatic heterocycles. The van der Waals surface area contributed by atoms with E-state index in [9.17, 15) is 4.79 Å². The molecule has 170 valence electrons. The Kier molecular flexibility index (Phi) is 6.15. The summed E-state index contributed by atoms with van der Waals surface area (Å²) in [5, 5.41) is 0. The second kappa shape index (κ2) is 9.20. The highest BCUT2D eigenvalue weighted by Gasteiger charge is 2.45. The number of rotatable bonds is 6. The fourth-order valence-electron chi connectivity index (χ4n) is 5.32. The van der Waals surface area contributed by atoms with Crippen molar-refractivity contribution >= 4 is 5.91 Å². The molecule has 1 unspecified atom stereocenters. The first kappa shape index (κ1) is 21.4. The standard InChI is InChI=1S/C26H33N3O3/c1-31-24-10-7-21(18-27-24)25(30)28-14-12-26(13-15-28)17-23(11-16-32-26)29(22-8-9-22)19-20-5-3-2-4-6-20/h2-7,10,18,22-23H,8-9,11-17,19H2,1H3. The minimum Gasteiger partial charge on any atom is -0.481 e. The number of pyridine rings is 1. The van der Waals surface area contributed by atoms with Crippen LogP contribution in [0.4, 0.5) is 0 Å². The summed E-state index contributed by atoms with van der Waals surface area (Å²) in [7, 11) is 1.58. The second-order valence-corrected chi connectivity index (χ2v) is 9.45. The SMILES string of the molecule is COc1ccc(C(=O)N2CCC3(CC2)CC(N(Cc2ccccc2)C2CC2)CCO3)cn1. The van der Waals surface area contributed by atoms with Crippen LogP contribution in [0.15, 0.2) is 48.7 Å². The predicted molar refractivity (Wildman–Crippen MR) is 123 cm³/mol. The summed E-state index contributed by atoms with van der Waals surface area (Å²) in [6, 6.07) is 15.7. The van der Waals surface area contributed by atoms with Gasteiger partial charge in [-0.05, 0) is 50.2 Å². The number of amides is 1. The first-order valence-electron chi connectivity index (χ1n) is 11.9. The number of benzene rings is 1. The van der Waals surface area contributed by atoms with E-state index in [-0.39, 0.29) is 11.5 Å². The smallest absolute Gasteiger partial charge is 0.255 e. The van der Waals surface area contributed by atoms with Crippen LogP contribution < -0.4 is 4.74 Å². The van der Waals surface area contributed by atoms with Gasteiger partial charge >= 0.3 is 0 Å². The summed E-state index contributed by atoms with van der Waals surface area (Å²) in [5.74, 6) is 0.572. The Morgan fingerprint density at radius 2 is 1.91 bits per heavy atom. The Balaban J connectivity index is 1.22. The third kappa shape index (κ3) is 4.66. The number of likely N-dealkylation sites (tertiary alicyclic amines) is 1. The van der Waals surface area contributed by atoms with Crippen molar-refractivity contribution in [3.05, 3.63) is 59.8 Å². The highest BCUT2D eigenvalue weighted by molar-refractivity contribution is 5.94. The molecule has 6 nitrogen and oxygen atoms in total. The fourth-order valence-corrected chi connectivity index (χ4v) is 5.32. The van der Waals surface area contributed by atoms with Crippen molar-refractivity contribution in [3.63, 3.8) is 0 Å². The topological polar surface area (TPSA) is 54.9 Å². The van der Waals surface area contributed by atoms with Gasteiger partial charge in [0.2, 0.25) is 5.88 Å². The normalized spacial score (nSPS) is 22.8. The summed E-state index contributed by atoms with van der Waals surface area (Å²) in [4.78, 5) is 21.8. The van der Waals surface area contributed by atoms with Crippen LogP contribution in [0.2, 0.25) is 0 Å². The summed E-state index contributed by atoms with van der Waals surface area (Å²) in [5.41, 5.74) is 1.92. The summed E-state index contributed by atoms with van der Waals surface area (Å²) in [6.07, 6.45) is 8.22. The number of methoxy groups -OCH3 is 1. The number of ether oxygens (including phenoxy) is 2. The van der Waals surface area contributed by atoms with Gasteiger partial charge in [-0.3, -0.25) is 9.69 Å². The predicted octanol–water partition coefficient (Wildman–Crippen LogP) is 3.91. The highest BCUT2D eigenvalue weighted by atomic mass is 16.5. The van der Waals surface area contributed by atoms with Crippen LogP contribution in [-0.4, -0.2) is 65.2 Å². The van der Waals surface area contributed by atoms with Crippen LogP contribution in [0, 0.1) is 0 Å². The molecule has 5 rings (SSSR count). The van der Waals surface area contributed by atoms with Gasteiger partial charge in [0.05, 0.1) is 18.3 Å². The van der Waals surface area contributed by atoms with Gasteiger partial charge in [-0.2, -0.15) is 0 Å². The molecular weight excluding hydrogens is 402 g/mol. The van der Waals surface area contributed by atoms with Crippen molar-refractivity contribution in [3.8, 4) is 5.88 Å². The van der Waals surface area contributed by atoms with Gasteiger partial charge < -0.3 is 14.4 Å². The van der Waals surface area contributed by atoms with Gasteiger partial charge in [0.25, 0.3) is 5.91 Å². The molecule has 0 radical (unpaired) electrons. The molecule has 2 aromatic rings. The van der Waals surface area contributed by atoms with E-state index < -0.39 is 0 Å². The molecular formula is C26H33N3O3. The maximum Gasteiger partial charge on any atom is 0.255 e. The maximum atomic E-state index is 12.9. The highest BCUT2D eigenvalue weighted by Crippen LogP contribution is 2.40. The zero-order chi connectivity index (χ0) is 22.0. The van der Waals surface area contributed by atoms with Crippen LogP contribution in [-0.2, 0) is 11.3 Å². The van der Waals surface area contributed by atoms with Gasteiger partial charge in [0, 0.05) is 50.6 Å². The van der Waals surface area contributed by atoms with Gasteiger partial charge in [-0.15, -0.1) is 0 Å². The Morgan fingerprint density at radius 3 is 2.56 bits per heavy atom. The zero-order valence-corrected chi connectivity index (χ0v) is 18.9. The quantitative estimate of drug-likeness (QED) is 0.689. The Morgan fingerprint density at radius 1 is 1.12 bits per heavy atom. The van der Waals surface area contributed by atoms with E-state index in [1.165, 1.54) is 18.4 Å². The van der Waals surface area contributed by atoms with Gasteiger partial charge in [0.15, 0.2) is 0 Å². The van der Waals surface area contributed by atoms with E-state index in [4.69, 9.17) is 9.47 Å². The molecule has 1 atom stereocenters. The summed E-state index contributed by atoms with van der Waals surface area (Å²) >= 11 is 0. The largest absolute Gasteiger partial charge is 0.481 e. The molecule has 1 aromatic carbocycles. The minimum absolute atomic E-state index is 0.0473. The number of hydrogen-bond acceptors (Lipinski definition) is 5. The van der Waals surface area contributed by atoms with Gasteiger partial charge in [-0.25, -0.2) is 4.98 Å². The number of carbonyl (C=O) groups excluding carboxylic acids is 1. The summed E-state index contributed by atoms with van der Waals surface area (Å²) in [6.45, 7) is 3.32. The molecule has 0 N–H and O–H groups in total. The maximum absolute atomic E-state index is 12.9. The van der Waals surface area contributed by atoms with Gasteiger partial charge in [0.1, 0.15) is 0 Å². The molecule has 3 heterocycles. The van der Waals surface area contributed by atoms with Crippen LogP contribution in [0.5, 0.6) is 5.88 Å². The van der Waals surface area contributed by atoms with E-state index >= 15 is 0 Å². The molecule has 3 fully saturated rings. The van der Waals surface area contributed by atoms with E-state index in [0.717, 1.165) is 58.0 Å². The van der Waals surface area contributed by atoms with Gasteiger partial charge in [-0.1, -0.05) is 30.3 Å². The molecule has 1 aliphatic carbocycles. The first-order chi connectivity index (χ1) is 15.7. The molecule has 1 spiro atoms. The molecule has 6 heteroatoms. The van der Waals surface area contributed by atoms with Crippen molar-refractivity contribution in [2.75, 3.05) is 26.8 Å². The molecule has 0 bridgehead atoms. The minimum atomic E-state index is -0.0956. The lowest BCUT2D eigenvalue weighted by atomic mass is 9.81. The Bertz CT molecular complexity index is 906. The average molecular weight is 436 g/mol. The number of aromatic nitrogens is 1. The molecule has 1 amide bonds. The molecule has 32 heavy (non-hydrogen) atoms. The van der Waals surface area contributed by atoms with Crippen molar-refractivity contribution < 1.29 is 14.3 Å². The van der Waals surface area contributed by atoms with E-state index in [0.29, 0.717) is 17.5 Å².